The average Bonchev–Trinajstić information content (AvgIpc) is 2.45. The molecule has 0 aromatic rings. The van der Waals surface area contributed by atoms with Crippen molar-refractivity contribution in [2.24, 2.45) is 0 Å². The molecule has 8 heteroatoms. The second-order valence-corrected chi connectivity index (χ2v) is 5.61. The van der Waals surface area contributed by atoms with E-state index < -0.39 is 24.7 Å². The fourth-order valence-corrected chi connectivity index (χ4v) is 1.31. The van der Waals surface area contributed by atoms with E-state index in [-0.39, 0.29) is 19.4 Å². The van der Waals surface area contributed by atoms with Gasteiger partial charge in [0.1, 0.15) is 0 Å². The van der Waals surface area contributed by atoms with Crippen molar-refractivity contribution in [1.29, 1.82) is 0 Å². The molecule has 0 saturated heterocycles. The highest BCUT2D eigenvalue weighted by atomic mass is 19.4. The SMILES string of the molecule is C=C(C)CCCC(=O)O.C=C(C)CCCC(=O)OCC(F)(F)F.CCO. The van der Waals surface area contributed by atoms with Crippen LogP contribution in [0.3, 0.4) is 0 Å². The number of allylic oxidation sites excluding steroid dienone is 2. The van der Waals surface area contributed by atoms with Crippen LogP contribution in [0.4, 0.5) is 13.2 Å². The van der Waals surface area contributed by atoms with Crippen molar-refractivity contribution >= 4 is 11.9 Å². The van der Waals surface area contributed by atoms with Gasteiger partial charge in [-0.3, -0.25) is 9.59 Å². The number of esters is 1. The van der Waals surface area contributed by atoms with Gasteiger partial charge in [-0.2, -0.15) is 13.2 Å². The third-order valence-electron chi connectivity index (χ3n) is 2.38. The van der Waals surface area contributed by atoms with Gasteiger partial charge in [-0.1, -0.05) is 11.1 Å². The first-order valence-corrected chi connectivity index (χ1v) is 8.19. The first kappa shape index (κ1) is 29.0. The molecule has 0 rings (SSSR count). The molecular weight excluding hydrogens is 353 g/mol. The molecular formula is C18H31F3O5. The monoisotopic (exact) mass is 384 g/mol. The van der Waals surface area contributed by atoms with Crippen molar-refractivity contribution in [1.82, 2.24) is 0 Å². The van der Waals surface area contributed by atoms with E-state index >= 15 is 0 Å². The molecule has 2 N–H and O–H groups in total. The van der Waals surface area contributed by atoms with Crippen LogP contribution in [0, 0.1) is 0 Å². The summed E-state index contributed by atoms with van der Waals surface area (Å²) < 4.78 is 38.7. The molecule has 5 nitrogen and oxygen atoms in total. The first-order chi connectivity index (χ1) is 11.9. The molecule has 0 spiro atoms. The summed E-state index contributed by atoms with van der Waals surface area (Å²) in [5, 5.41) is 15.8. The second kappa shape index (κ2) is 18.0. The van der Waals surface area contributed by atoms with Gasteiger partial charge < -0.3 is 14.9 Å². The summed E-state index contributed by atoms with van der Waals surface area (Å²) in [6, 6.07) is 0. The van der Waals surface area contributed by atoms with Crippen LogP contribution >= 0.6 is 0 Å². The van der Waals surface area contributed by atoms with Crippen LogP contribution in [0.15, 0.2) is 24.3 Å². The van der Waals surface area contributed by atoms with Crippen molar-refractivity contribution in [2.75, 3.05) is 13.2 Å². The predicted octanol–water partition coefficient (Wildman–Crippen LogP) is 4.65. The van der Waals surface area contributed by atoms with Gasteiger partial charge in [-0.15, -0.1) is 13.2 Å². The van der Waals surface area contributed by atoms with Crippen LogP contribution < -0.4 is 0 Å². The highest BCUT2D eigenvalue weighted by Gasteiger charge is 2.29. The lowest BCUT2D eigenvalue weighted by molar-refractivity contribution is -0.186. The molecule has 0 aliphatic rings. The number of carbonyl (C=O) groups is 2. The van der Waals surface area contributed by atoms with E-state index in [2.05, 4.69) is 17.9 Å². The van der Waals surface area contributed by atoms with E-state index in [4.69, 9.17) is 10.2 Å². The molecule has 0 amide bonds. The number of carboxylic acid groups (broad SMARTS) is 1. The molecule has 0 aliphatic carbocycles. The number of halogens is 3. The molecule has 0 radical (unpaired) electrons. The zero-order chi connectivity index (χ0) is 21.2. The van der Waals surface area contributed by atoms with E-state index in [0.717, 1.165) is 17.6 Å². The van der Waals surface area contributed by atoms with E-state index in [1.54, 1.807) is 13.8 Å². The number of rotatable bonds is 9. The minimum absolute atomic E-state index is 0.00292. The second-order valence-electron chi connectivity index (χ2n) is 5.61. The number of ether oxygens (including phenoxy) is 1. The molecule has 0 bridgehead atoms. The number of aliphatic carboxylic acids is 1. The van der Waals surface area contributed by atoms with Crippen molar-refractivity contribution in [3.05, 3.63) is 24.3 Å². The topological polar surface area (TPSA) is 83.8 Å². The number of aliphatic hydroxyl groups is 1. The first-order valence-electron chi connectivity index (χ1n) is 8.19. The largest absolute Gasteiger partial charge is 0.481 e. The Kier molecular flexibility index (Phi) is 20.0. The molecule has 0 aromatic heterocycles. The normalized spacial score (nSPS) is 9.81. The Bertz CT molecular complexity index is 404. The Morgan fingerprint density at radius 2 is 1.35 bits per heavy atom. The molecule has 26 heavy (non-hydrogen) atoms. The lowest BCUT2D eigenvalue weighted by Gasteiger charge is -2.07. The lowest BCUT2D eigenvalue weighted by atomic mass is 10.1. The van der Waals surface area contributed by atoms with Gasteiger partial charge in [-0.25, -0.2) is 0 Å². The predicted molar refractivity (Wildman–Crippen MR) is 94.7 cm³/mol. The van der Waals surface area contributed by atoms with Crippen LogP contribution in [0.1, 0.15) is 59.3 Å². The lowest BCUT2D eigenvalue weighted by Crippen LogP contribution is -2.20. The van der Waals surface area contributed by atoms with Crippen LogP contribution in [0.5, 0.6) is 0 Å². The standard InChI is InChI=1S/C9H13F3O2.C7H12O2.C2H6O/c1-7(2)4-3-5-8(13)14-6-9(10,11)12;1-6(2)4-3-5-7(8)9;1-2-3/h1,3-6H2,2H3;1,3-5H2,2H3,(H,8,9);3H,2H2,1H3. The maximum Gasteiger partial charge on any atom is 0.422 e. The fourth-order valence-electron chi connectivity index (χ4n) is 1.31. The number of hydrogen-bond donors (Lipinski definition) is 2. The smallest absolute Gasteiger partial charge is 0.422 e. The van der Waals surface area contributed by atoms with Crippen LogP contribution in [-0.2, 0) is 14.3 Å². The van der Waals surface area contributed by atoms with E-state index in [0.29, 0.717) is 19.3 Å². The van der Waals surface area contributed by atoms with Gasteiger partial charge in [0.05, 0.1) is 0 Å². The Balaban J connectivity index is -0.000000377. The van der Waals surface area contributed by atoms with Crippen molar-refractivity contribution < 1.29 is 37.7 Å². The summed E-state index contributed by atoms with van der Waals surface area (Å²) in [6.07, 6.45) is -1.54. The minimum atomic E-state index is -4.44. The fraction of sp³-hybridized carbons (Fsp3) is 0.667. The van der Waals surface area contributed by atoms with Gasteiger partial charge >= 0.3 is 18.1 Å². The van der Waals surface area contributed by atoms with Gasteiger partial charge in [0, 0.05) is 19.4 Å². The molecule has 0 unspecified atom stereocenters. The number of hydrogen-bond acceptors (Lipinski definition) is 4. The summed E-state index contributed by atoms with van der Waals surface area (Å²) in [6.45, 7) is 11.4. The maximum atomic E-state index is 11.6. The third kappa shape index (κ3) is 38.0. The van der Waals surface area contributed by atoms with Crippen molar-refractivity contribution in [2.45, 2.75) is 65.5 Å². The molecule has 0 heterocycles. The highest BCUT2D eigenvalue weighted by molar-refractivity contribution is 5.69. The summed E-state index contributed by atoms with van der Waals surface area (Å²) in [4.78, 5) is 20.7. The Morgan fingerprint density at radius 3 is 1.65 bits per heavy atom. The van der Waals surface area contributed by atoms with Gasteiger partial charge in [0.15, 0.2) is 6.61 Å². The maximum absolute atomic E-state index is 11.6. The average molecular weight is 384 g/mol. The van der Waals surface area contributed by atoms with Crippen LogP contribution in [0.25, 0.3) is 0 Å². The van der Waals surface area contributed by atoms with Crippen molar-refractivity contribution in [3.63, 3.8) is 0 Å². The molecule has 0 fully saturated rings. The van der Waals surface area contributed by atoms with Crippen molar-refractivity contribution in [3.8, 4) is 0 Å². The Morgan fingerprint density at radius 1 is 0.962 bits per heavy atom. The molecule has 0 aromatic carbocycles. The van der Waals surface area contributed by atoms with E-state index in [9.17, 15) is 22.8 Å². The number of aliphatic hydroxyl groups excluding tert-OH is 1. The van der Waals surface area contributed by atoms with Crippen LogP contribution in [0.2, 0.25) is 0 Å². The molecule has 0 saturated carbocycles. The third-order valence-corrected chi connectivity index (χ3v) is 2.38. The summed E-state index contributed by atoms with van der Waals surface area (Å²) in [7, 11) is 0. The van der Waals surface area contributed by atoms with Gasteiger partial charge in [0.2, 0.25) is 0 Å². The van der Waals surface area contributed by atoms with E-state index in [1.807, 2.05) is 6.92 Å². The summed E-state index contributed by atoms with van der Waals surface area (Å²) in [5.74, 6) is -1.54. The Labute approximate surface area is 153 Å². The Hall–Kier alpha value is -1.83. The zero-order valence-corrected chi connectivity index (χ0v) is 15.8. The number of carboxylic acids is 1. The number of carbonyl (C=O) groups excluding carboxylic acids is 1. The van der Waals surface area contributed by atoms with E-state index in [1.165, 1.54) is 0 Å². The quantitative estimate of drug-likeness (QED) is 0.446. The van der Waals surface area contributed by atoms with Crippen LogP contribution in [-0.4, -0.2) is 41.5 Å². The van der Waals surface area contributed by atoms with Gasteiger partial charge in [0.25, 0.3) is 0 Å². The molecule has 0 atom stereocenters. The number of alkyl halides is 3. The van der Waals surface area contributed by atoms with Gasteiger partial charge in [-0.05, 0) is 46.5 Å². The minimum Gasteiger partial charge on any atom is -0.481 e. The highest BCUT2D eigenvalue weighted by Crippen LogP contribution is 2.15. The summed E-state index contributed by atoms with van der Waals surface area (Å²) >= 11 is 0. The molecule has 0 aliphatic heterocycles. The zero-order valence-electron chi connectivity index (χ0n) is 15.8. The summed E-state index contributed by atoms with van der Waals surface area (Å²) in [5.41, 5.74) is 1.95. The molecule has 154 valence electrons.